The Hall–Kier alpha value is -2.88. The fourth-order valence-electron chi connectivity index (χ4n) is 3.36. The van der Waals surface area contributed by atoms with Gasteiger partial charge in [0.2, 0.25) is 5.95 Å². The number of benzene rings is 2. The molecule has 0 radical (unpaired) electrons. The van der Waals surface area contributed by atoms with Gasteiger partial charge in [-0.25, -0.2) is 4.98 Å². The number of anilines is 3. The highest BCUT2D eigenvalue weighted by atomic mass is 15.2. The Bertz CT molecular complexity index is 825. The first-order valence-corrected chi connectivity index (χ1v) is 9.40. The van der Waals surface area contributed by atoms with Crippen LogP contribution in [0.15, 0.2) is 66.7 Å². The predicted molar refractivity (Wildman–Crippen MR) is 108 cm³/mol. The molecule has 0 saturated carbocycles. The Balaban J connectivity index is 1.71. The first-order valence-electron chi connectivity index (χ1n) is 9.40. The summed E-state index contributed by atoms with van der Waals surface area (Å²) < 4.78 is 0. The lowest BCUT2D eigenvalue weighted by Crippen LogP contribution is -2.25. The number of para-hydroxylation sites is 1. The molecule has 1 aliphatic rings. The molecule has 0 atom stereocenters. The lowest BCUT2D eigenvalue weighted by atomic mass is 10.1. The molecule has 1 fully saturated rings. The summed E-state index contributed by atoms with van der Waals surface area (Å²) in [6.45, 7) is 2.13. The third kappa shape index (κ3) is 4.02. The van der Waals surface area contributed by atoms with Gasteiger partial charge in [0, 0.05) is 30.4 Å². The van der Waals surface area contributed by atoms with Gasteiger partial charge in [0.25, 0.3) is 0 Å². The summed E-state index contributed by atoms with van der Waals surface area (Å²) in [7, 11) is 0. The van der Waals surface area contributed by atoms with Crippen LogP contribution in [0.1, 0.15) is 25.7 Å². The molecule has 2 aromatic carbocycles. The van der Waals surface area contributed by atoms with E-state index in [0.717, 1.165) is 35.9 Å². The SMILES string of the molecule is c1ccc(Nc2nc(-c3ccccc3)cc(N3CCCCCC3)n2)cc1. The highest BCUT2D eigenvalue weighted by molar-refractivity contribution is 5.66. The molecule has 1 aliphatic heterocycles. The Labute approximate surface area is 154 Å². The summed E-state index contributed by atoms with van der Waals surface area (Å²) in [5.41, 5.74) is 3.07. The predicted octanol–water partition coefficient (Wildman–Crippen LogP) is 5.27. The van der Waals surface area contributed by atoms with Crippen LogP contribution in [0.25, 0.3) is 11.3 Å². The minimum absolute atomic E-state index is 0.650. The van der Waals surface area contributed by atoms with Crippen molar-refractivity contribution in [1.82, 2.24) is 9.97 Å². The van der Waals surface area contributed by atoms with Gasteiger partial charge >= 0.3 is 0 Å². The van der Waals surface area contributed by atoms with E-state index in [9.17, 15) is 0 Å². The zero-order valence-corrected chi connectivity index (χ0v) is 14.9. The molecule has 1 saturated heterocycles. The minimum atomic E-state index is 0.650. The minimum Gasteiger partial charge on any atom is -0.356 e. The monoisotopic (exact) mass is 344 g/mol. The second kappa shape index (κ2) is 8.00. The standard InChI is InChI=1S/C22H24N4/c1-2-10-16-26(15-9-1)21-17-20(18-11-5-3-6-12-18)24-22(25-21)23-19-13-7-4-8-14-19/h3-8,11-14,17H,1-2,9-10,15-16H2,(H,23,24,25). The largest absolute Gasteiger partial charge is 0.356 e. The van der Waals surface area contributed by atoms with Crippen molar-refractivity contribution in [1.29, 1.82) is 0 Å². The summed E-state index contributed by atoms with van der Waals surface area (Å²) in [5, 5.41) is 3.36. The van der Waals surface area contributed by atoms with Crippen LogP contribution in [0, 0.1) is 0 Å². The van der Waals surface area contributed by atoms with E-state index in [1.165, 1.54) is 25.7 Å². The number of nitrogens with zero attached hydrogens (tertiary/aromatic N) is 3. The van der Waals surface area contributed by atoms with E-state index < -0.39 is 0 Å². The van der Waals surface area contributed by atoms with Crippen molar-refractivity contribution < 1.29 is 0 Å². The number of aromatic nitrogens is 2. The molecule has 0 bridgehead atoms. The van der Waals surface area contributed by atoms with Gasteiger partial charge < -0.3 is 10.2 Å². The van der Waals surface area contributed by atoms with Crippen LogP contribution in [-0.2, 0) is 0 Å². The molecule has 4 nitrogen and oxygen atoms in total. The number of rotatable bonds is 4. The molecular formula is C22H24N4. The van der Waals surface area contributed by atoms with Crippen LogP contribution in [-0.4, -0.2) is 23.1 Å². The van der Waals surface area contributed by atoms with E-state index in [2.05, 4.69) is 28.4 Å². The van der Waals surface area contributed by atoms with Crippen molar-refractivity contribution in [2.75, 3.05) is 23.3 Å². The Morgan fingerprint density at radius 1 is 0.731 bits per heavy atom. The van der Waals surface area contributed by atoms with Crippen molar-refractivity contribution in [2.24, 2.45) is 0 Å². The molecule has 26 heavy (non-hydrogen) atoms. The van der Waals surface area contributed by atoms with Crippen molar-refractivity contribution in [3.05, 3.63) is 66.7 Å². The molecule has 0 aliphatic carbocycles. The van der Waals surface area contributed by atoms with Crippen LogP contribution in [0.3, 0.4) is 0 Å². The van der Waals surface area contributed by atoms with E-state index in [4.69, 9.17) is 9.97 Å². The van der Waals surface area contributed by atoms with Gasteiger partial charge in [0.1, 0.15) is 5.82 Å². The highest BCUT2D eigenvalue weighted by Gasteiger charge is 2.15. The molecular weight excluding hydrogens is 320 g/mol. The van der Waals surface area contributed by atoms with Crippen LogP contribution in [0.2, 0.25) is 0 Å². The molecule has 4 rings (SSSR count). The molecule has 0 unspecified atom stereocenters. The summed E-state index contributed by atoms with van der Waals surface area (Å²) >= 11 is 0. The Morgan fingerprint density at radius 3 is 2.08 bits per heavy atom. The molecule has 2 heterocycles. The lowest BCUT2D eigenvalue weighted by molar-refractivity contribution is 0.726. The van der Waals surface area contributed by atoms with E-state index in [1.807, 2.05) is 48.5 Å². The average Bonchev–Trinajstić information content (AvgIpc) is 2.99. The third-order valence-corrected chi connectivity index (χ3v) is 4.74. The second-order valence-electron chi connectivity index (χ2n) is 6.69. The van der Waals surface area contributed by atoms with Crippen molar-refractivity contribution in [2.45, 2.75) is 25.7 Å². The number of hydrogen-bond donors (Lipinski definition) is 1. The van der Waals surface area contributed by atoms with Gasteiger partial charge in [-0.2, -0.15) is 4.98 Å². The van der Waals surface area contributed by atoms with E-state index in [0.29, 0.717) is 5.95 Å². The molecule has 0 spiro atoms. The molecule has 1 N–H and O–H groups in total. The van der Waals surface area contributed by atoms with Gasteiger partial charge in [-0.15, -0.1) is 0 Å². The summed E-state index contributed by atoms with van der Waals surface area (Å²) in [5.74, 6) is 1.66. The molecule has 132 valence electrons. The maximum absolute atomic E-state index is 4.82. The third-order valence-electron chi connectivity index (χ3n) is 4.74. The molecule has 3 aromatic rings. The number of nitrogens with one attached hydrogen (secondary N) is 1. The maximum atomic E-state index is 4.82. The molecule has 1 aromatic heterocycles. The van der Waals surface area contributed by atoms with Gasteiger partial charge in [0.15, 0.2) is 0 Å². The van der Waals surface area contributed by atoms with Gasteiger partial charge in [-0.3, -0.25) is 0 Å². The van der Waals surface area contributed by atoms with Crippen molar-refractivity contribution >= 4 is 17.5 Å². The van der Waals surface area contributed by atoms with E-state index in [-0.39, 0.29) is 0 Å². The van der Waals surface area contributed by atoms with Crippen LogP contribution in [0.4, 0.5) is 17.5 Å². The summed E-state index contributed by atoms with van der Waals surface area (Å²) in [6, 6.07) is 22.5. The zero-order chi connectivity index (χ0) is 17.6. The van der Waals surface area contributed by atoms with Gasteiger partial charge in [0.05, 0.1) is 5.69 Å². The van der Waals surface area contributed by atoms with Crippen molar-refractivity contribution in [3.63, 3.8) is 0 Å². The normalized spacial score (nSPS) is 14.7. The van der Waals surface area contributed by atoms with Crippen LogP contribution < -0.4 is 10.2 Å². The van der Waals surface area contributed by atoms with Crippen molar-refractivity contribution in [3.8, 4) is 11.3 Å². The van der Waals surface area contributed by atoms with E-state index >= 15 is 0 Å². The second-order valence-corrected chi connectivity index (χ2v) is 6.69. The lowest BCUT2D eigenvalue weighted by Gasteiger charge is -2.22. The topological polar surface area (TPSA) is 41.1 Å². The number of hydrogen-bond acceptors (Lipinski definition) is 4. The smallest absolute Gasteiger partial charge is 0.229 e. The fraction of sp³-hybridized carbons (Fsp3) is 0.273. The average molecular weight is 344 g/mol. The molecule has 0 amide bonds. The summed E-state index contributed by atoms with van der Waals surface area (Å²) in [6.07, 6.45) is 5.07. The highest BCUT2D eigenvalue weighted by Crippen LogP contribution is 2.26. The Kier molecular flexibility index (Phi) is 5.10. The fourth-order valence-corrected chi connectivity index (χ4v) is 3.36. The Morgan fingerprint density at radius 2 is 1.38 bits per heavy atom. The zero-order valence-electron chi connectivity index (χ0n) is 14.9. The van der Waals surface area contributed by atoms with Crippen LogP contribution >= 0.6 is 0 Å². The first kappa shape index (κ1) is 16.6. The van der Waals surface area contributed by atoms with Gasteiger partial charge in [-0.1, -0.05) is 61.4 Å². The van der Waals surface area contributed by atoms with Gasteiger partial charge in [-0.05, 0) is 25.0 Å². The van der Waals surface area contributed by atoms with Crippen LogP contribution in [0.5, 0.6) is 0 Å². The first-order chi connectivity index (χ1) is 12.9. The maximum Gasteiger partial charge on any atom is 0.229 e. The summed E-state index contributed by atoms with van der Waals surface area (Å²) in [4.78, 5) is 12.0. The van der Waals surface area contributed by atoms with E-state index in [1.54, 1.807) is 0 Å². The quantitative estimate of drug-likeness (QED) is 0.700. The molecule has 4 heteroatoms.